The summed E-state index contributed by atoms with van der Waals surface area (Å²) in [4.78, 5) is 0.109. The zero-order valence-corrected chi connectivity index (χ0v) is 13.2. The van der Waals surface area contributed by atoms with Crippen molar-refractivity contribution >= 4 is 10.0 Å². The van der Waals surface area contributed by atoms with Gasteiger partial charge in [0.05, 0.1) is 13.7 Å². The molecule has 0 aliphatic carbocycles. The van der Waals surface area contributed by atoms with Crippen LogP contribution in [0.15, 0.2) is 23.1 Å². The molecule has 1 unspecified atom stereocenters. The molecule has 20 heavy (non-hydrogen) atoms. The summed E-state index contributed by atoms with van der Waals surface area (Å²) in [5, 5.41) is 9.15. The summed E-state index contributed by atoms with van der Waals surface area (Å²) >= 11 is 0. The van der Waals surface area contributed by atoms with Crippen LogP contribution in [0.4, 0.5) is 0 Å². The van der Waals surface area contributed by atoms with E-state index in [0.29, 0.717) is 12.2 Å². The van der Waals surface area contributed by atoms with Gasteiger partial charge in [-0.3, -0.25) is 0 Å². The third-order valence-corrected chi connectivity index (χ3v) is 4.72. The van der Waals surface area contributed by atoms with Gasteiger partial charge in [-0.05, 0) is 30.0 Å². The Morgan fingerprint density at radius 3 is 2.45 bits per heavy atom. The predicted octanol–water partition coefficient (Wildman–Crippen LogP) is 1.87. The fourth-order valence-electron chi connectivity index (χ4n) is 1.80. The second-order valence-corrected chi connectivity index (χ2v) is 6.66. The third kappa shape index (κ3) is 3.94. The number of ether oxygens (including phenoxy) is 1. The van der Waals surface area contributed by atoms with Gasteiger partial charge in [0.15, 0.2) is 0 Å². The lowest BCUT2D eigenvalue weighted by Crippen LogP contribution is -2.37. The second kappa shape index (κ2) is 7.06. The molecule has 0 bridgehead atoms. The Kier molecular flexibility index (Phi) is 5.98. The van der Waals surface area contributed by atoms with Crippen LogP contribution in [0, 0.1) is 0 Å². The summed E-state index contributed by atoms with van der Waals surface area (Å²) in [6.45, 7) is 5.56. The Labute approximate surface area is 121 Å². The lowest BCUT2D eigenvalue weighted by molar-refractivity contribution is 0.253. The van der Waals surface area contributed by atoms with Gasteiger partial charge in [0, 0.05) is 6.04 Å². The highest BCUT2D eigenvalue weighted by Gasteiger charge is 2.23. The molecule has 0 aromatic heterocycles. The summed E-state index contributed by atoms with van der Waals surface area (Å²) in [5.74, 6) is 0.518. The minimum atomic E-state index is -3.72. The molecule has 1 rings (SSSR count). The molecule has 0 aliphatic rings. The molecular formula is C14H23NO4S. The first-order chi connectivity index (χ1) is 9.35. The van der Waals surface area contributed by atoms with E-state index in [1.165, 1.54) is 7.11 Å². The minimum absolute atomic E-state index is 0.109. The number of benzene rings is 1. The van der Waals surface area contributed by atoms with Crippen LogP contribution in [0.25, 0.3) is 0 Å². The van der Waals surface area contributed by atoms with E-state index in [-0.39, 0.29) is 17.4 Å². The number of aliphatic hydroxyl groups is 1. The first kappa shape index (κ1) is 16.9. The number of hydrogen-bond donors (Lipinski definition) is 2. The van der Waals surface area contributed by atoms with Gasteiger partial charge in [0.2, 0.25) is 10.0 Å². The molecule has 0 heterocycles. The third-order valence-electron chi connectivity index (χ3n) is 3.18. The number of rotatable bonds is 7. The van der Waals surface area contributed by atoms with E-state index in [1.807, 2.05) is 26.8 Å². The van der Waals surface area contributed by atoms with E-state index >= 15 is 0 Å². The van der Waals surface area contributed by atoms with Crippen molar-refractivity contribution in [1.29, 1.82) is 0 Å². The van der Waals surface area contributed by atoms with Crippen molar-refractivity contribution in [3.8, 4) is 5.75 Å². The lowest BCUT2D eigenvalue weighted by atomic mass is 10.0. The fourth-order valence-corrected chi connectivity index (χ4v) is 3.31. The molecular weight excluding hydrogens is 278 g/mol. The van der Waals surface area contributed by atoms with Gasteiger partial charge in [0.1, 0.15) is 10.6 Å². The molecule has 0 spiro atoms. The van der Waals surface area contributed by atoms with Crippen LogP contribution >= 0.6 is 0 Å². The Morgan fingerprint density at radius 1 is 1.35 bits per heavy atom. The van der Waals surface area contributed by atoms with Crippen molar-refractivity contribution in [3.63, 3.8) is 0 Å². The van der Waals surface area contributed by atoms with Gasteiger partial charge in [-0.1, -0.05) is 26.8 Å². The standard InChI is InChI=1S/C14H23NO4S/c1-5-12(9-16)15-20(17,18)14-8-11(10(2)3)6-7-13(14)19-4/h6-8,10,12,15-16H,5,9H2,1-4H3. The Bertz CT molecular complexity index is 536. The molecule has 1 aromatic carbocycles. The number of aliphatic hydroxyl groups excluding tert-OH is 1. The lowest BCUT2D eigenvalue weighted by Gasteiger charge is -2.17. The molecule has 2 N–H and O–H groups in total. The molecule has 5 nitrogen and oxygen atoms in total. The smallest absolute Gasteiger partial charge is 0.244 e. The van der Waals surface area contributed by atoms with Crippen molar-refractivity contribution in [3.05, 3.63) is 23.8 Å². The Hall–Kier alpha value is -1.11. The number of hydrogen-bond acceptors (Lipinski definition) is 4. The fraction of sp³-hybridized carbons (Fsp3) is 0.571. The molecule has 0 amide bonds. The summed E-state index contributed by atoms with van der Waals surface area (Å²) in [7, 11) is -2.28. The summed E-state index contributed by atoms with van der Waals surface area (Å²) in [5.41, 5.74) is 0.920. The molecule has 0 aliphatic heterocycles. The van der Waals surface area contributed by atoms with Crippen molar-refractivity contribution in [2.24, 2.45) is 0 Å². The first-order valence-electron chi connectivity index (χ1n) is 6.66. The quantitative estimate of drug-likeness (QED) is 0.806. The molecule has 0 saturated heterocycles. The average molecular weight is 301 g/mol. The molecule has 1 atom stereocenters. The molecule has 0 fully saturated rings. The van der Waals surface area contributed by atoms with Crippen LogP contribution in [0.1, 0.15) is 38.7 Å². The normalized spacial score (nSPS) is 13.5. The number of sulfonamides is 1. The van der Waals surface area contributed by atoms with Gasteiger partial charge in [0.25, 0.3) is 0 Å². The van der Waals surface area contributed by atoms with Gasteiger partial charge in [-0.25, -0.2) is 13.1 Å². The SMILES string of the molecule is CCC(CO)NS(=O)(=O)c1cc(C(C)C)ccc1OC. The molecule has 0 saturated carbocycles. The second-order valence-electron chi connectivity index (χ2n) is 4.97. The molecule has 6 heteroatoms. The molecule has 1 aromatic rings. The van der Waals surface area contributed by atoms with Crippen molar-refractivity contribution in [2.75, 3.05) is 13.7 Å². The number of nitrogens with one attached hydrogen (secondary N) is 1. The maximum Gasteiger partial charge on any atom is 0.244 e. The highest BCUT2D eigenvalue weighted by Crippen LogP contribution is 2.28. The van der Waals surface area contributed by atoms with Gasteiger partial charge >= 0.3 is 0 Å². The first-order valence-corrected chi connectivity index (χ1v) is 8.15. The largest absolute Gasteiger partial charge is 0.495 e. The minimum Gasteiger partial charge on any atom is -0.495 e. The highest BCUT2D eigenvalue weighted by atomic mass is 32.2. The predicted molar refractivity (Wildman–Crippen MR) is 78.6 cm³/mol. The van der Waals surface area contributed by atoms with Crippen molar-refractivity contribution < 1.29 is 18.3 Å². The van der Waals surface area contributed by atoms with Crippen molar-refractivity contribution in [1.82, 2.24) is 4.72 Å². The van der Waals surface area contributed by atoms with Crippen LogP contribution in [0.2, 0.25) is 0 Å². The van der Waals surface area contributed by atoms with E-state index in [9.17, 15) is 8.42 Å². The maximum absolute atomic E-state index is 12.4. The summed E-state index contributed by atoms with van der Waals surface area (Å²) in [6, 6.07) is 4.64. The average Bonchev–Trinajstić information content (AvgIpc) is 2.43. The van der Waals surface area contributed by atoms with Crippen LogP contribution in [-0.4, -0.2) is 33.3 Å². The van der Waals surface area contributed by atoms with Crippen LogP contribution in [-0.2, 0) is 10.0 Å². The molecule has 114 valence electrons. The van der Waals surface area contributed by atoms with Gasteiger partial charge in [-0.2, -0.15) is 0 Å². The monoisotopic (exact) mass is 301 g/mol. The zero-order chi connectivity index (χ0) is 15.3. The van der Waals surface area contributed by atoms with E-state index in [2.05, 4.69) is 4.72 Å². The van der Waals surface area contributed by atoms with Crippen LogP contribution in [0.5, 0.6) is 5.75 Å². The summed E-state index contributed by atoms with van der Waals surface area (Å²) < 4.78 is 32.5. The zero-order valence-electron chi connectivity index (χ0n) is 12.4. The van der Waals surface area contributed by atoms with Crippen LogP contribution < -0.4 is 9.46 Å². The Balaban J connectivity index is 3.24. The number of methoxy groups -OCH3 is 1. The van der Waals surface area contributed by atoms with Gasteiger partial charge < -0.3 is 9.84 Å². The van der Waals surface area contributed by atoms with Crippen LogP contribution in [0.3, 0.4) is 0 Å². The molecule has 0 radical (unpaired) electrons. The van der Waals surface area contributed by atoms with E-state index in [0.717, 1.165) is 5.56 Å². The van der Waals surface area contributed by atoms with Crippen molar-refractivity contribution in [2.45, 2.75) is 44.0 Å². The topological polar surface area (TPSA) is 75.6 Å². The Morgan fingerprint density at radius 2 is 2.00 bits per heavy atom. The maximum atomic E-state index is 12.4. The summed E-state index contributed by atoms with van der Waals surface area (Å²) in [6.07, 6.45) is 0.516. The van der Waals surface area contributed by atoms with E-state index in [4.69, 9.17) is 9.84 Å². The van der Waals surface area contributed by atoms with E-state index in [1.54, 1.807) is 12.1 Å². The van der Waals surface area contributed by atoms with E-state index < -0.39 is 16.1 Å². The van der Waals surface area contributed by atoms with Gasteiger partial charge in [-0.15, -0.1) is 0 Å². The highest BCUT2D eigenvalue weighted by molar-refractivity contribution is 7.89.